The minimum Gasteiger partial charge on any atom is -0.491 e. The van der Waals surface area contributed by atoms with Crippen LogP contribution in [0.1, 0.15) is 56.0 Å². The van der Waals surface area contributed by atoms with E-state index in [1.54, 1.807) is 0 Å². The molecule has 0 radical (unpaired) electrons. The molecule has 1 saturated heterocycles. The van der Waals surface area contributed by atoms with Crippen LogP contribution >= 0.6 is 0 Å². The van der Waals surface area contributed by atoms with Crippen LogP contribution < -0.4 is 15.0 Å². The molecular formula is C24H32N2O2. The summed E-state index contributed by atoms with van der Waals surface area (Å²) in [7, 11) is 0. The number of hydrogen-bond acceptors (Lipinski definition) is 3. The van der Waals surface area contributed by atoms with Gasteiger partial charge in [-0.25, -0.2) is 0 Å². The predicted octanol–water partition coefficient (Wildman–Crippen LogP) is 4.78. The molecule has 1 N–H and O–H groups in total. The summed E-state index contributed by atoms with van der Waals surface area (Å²) in [5.74, 6) is 0.827. The Labute approximate surface area is 168 Å². The van der Waals surface area contributed by atoms with Crippen molar-refractivity contribution in [2.45, 2.75) is 45.4 Å². The highest BCUT2D eigenvalue weighted by molar-refractivity contribution is 5.94. The summed E-state index contributed by atoms with van der Waals surface area (Å²) in [6, 6.07) is 16.0. The molecule has 28 heavy (non-hydrogen) atoms. The van der Waals surface area contributed by atoms with Gasteiger partial charge in [-0.2, -0.15) is 0 Å². The number of nitrogens with one attached hydrogen (secondary N) is 1. The van der Waals surface area contributed by atoms with Gasteiger partial charge < -0.3 is 15.0 Å². The van der Waals surface area contributed by atoms with Crippen LogP contribution in [0.3, 0.4) is 0 Å². The van der Waals surface area contributed by atoms with Crippen LogP contribution in [-0.4, -0.2) is 32.1 Å². The molecule has 0 unspecified atom stereocenters. The number of carbonyl (C=O) groups excluding carboxylic acids is 1. The van der Waals surface area contributed by atoms with Gasteiger partial charge >= 0.3 is 0 Å². The molecule has 2 aromatic rings. The highest BCUT2D eigenvalue weighted by atomic mass is 16.5. The zero-order chi connectivity index (χ0) is 20.0. The van der Waals surface area contributed by atoms with Crippen molar-refractivity contribution in [3.8, 4) is 5.75 Å². The predicted molar refractivity (Wildman–Crippen MR) is 115 cm³/mol. The molecule has 1 amide bonds. The van der Waals surface area contributed by atoms with E-state index in [1.165, 1.54) is 30.5 Å². The fourth-order valence-corrected chi connectivity index (χ4v) is 3.62. The first-order valence-electron chi connectivity index (χ1n) is 10.3. The molecule has 1 aliphatic heterocycles. The molecule has 0 saturated carbocycles. The molecular weight excluding hydrogens is 348 g/mol. The van der Waals surface area contributed by atoms with Gasteiger partial charge in [0, 0.05) is 24.3 Å². The summed E-state index contributed by atoms with van der Waals surface area (Å²) in [6.07, 6.45) is 3.82. The van der Waals surface area contributed by atoms with Crippen molar-refractivity contribution in [1.82, 2.24) is 5.32 Å². The van der Waals surface area contributed by atoms with E-state index in [0.29, 0.717) is 18.7 Å². The number of benzene rings is 2. The van der Waals surface area contributed by atoms with Crippen LogP contribution in [-0.2, 0) is 5.41 Å². The van der Waals surface area contributed by atoms with Crippen molar-refractivity contribution in [1.29, 1.82) is 0 Å². The second-order valence-corrected chi connectivity index (χ2v) is 8.45. The number of para-hydroxylation sites is 1. The standard InChI is InChI=1S/C24H32N2O2/c1-24(2,3)21-9-5-6-10-22(21)28-18-15-25-23(27)19-11-13-20(14-12-19)26-16-7-4-8-17-26/h5-6,9-14H,4,7-8,15-18H2,1-3H3,(H,25,27). The lowest BCUT2D eigenvalue weighted by Gasteiger charge is -2.28. The van der Waals surface area contributed by atoms with Crippen molar-refractivity contribution in [2.75, 3.05) is 31.1 Å². The molecule has 4 nitrogen and oxygen atoms in total. The Bertz CT molecular complexity index is 772. The molecule has 1 fully saturated rings. The molecule has 4 heteroatoms. The lowest BCUT2D eigenvalue weighted by atomic mass is 9.86. The minimum atomic E-state index is -0.0575. The van der Waals surface area contributed by atoms with E-state index in [9.17, 15) is 4.79 Å². The Morgan fingerprint density at radius 1 is 1.00 bits per heavy atom. The average molecular weight is 381 g/mol. The summed E-state index contributed by atoms with van der Waals surface area (Å²) in [5.41, 5.74) is 3.10. The van der Waals surface area contributed by atoms with Crippen molar-refractivity contribution >= 4 is 11.6 Å². The van der Waals surface area contributed by atoms with Crippen LogP contribution in [0.25, 0.3) is 0 Å². The monoisotopic (exact) mass is 380 g/mol. The number of piperidine rings is 1. The van der Waals surface area contributed by atoms with Crippen LogP contribution in [0, 0.1) is 0 Å². The van der Waals surface area contributed by atoms with E-state index in [1.807, 2.05) is 30.3 Å². The van der Waals surface area contributed by atoms with Crippen LogP contribution in [0.4, 0.5) is 5.69 Å². The zero-order valence-corrected chi connectivity index (χ0v) is 17.3. The molecule has 2 aromatic carbocycles. The van der Waals surface area contributed by atoms with Crippen molar-refractivity contribution in [3.63, 3.8) is 0 Å². The van der Waals surface area contributed by atoms with E-state index in [-0.39, 0.29) is 11.3 Å². The Morgan fingerprint density at radius 2 is 1.68 bits per heavy atom. The Balaban J connectivity index is 1.48. The maximum atomic E-state index is 12.4. The number of anilines is 1. The van der Waals surface area contributed by atoms with Gasteiger partial charge in [-0.05, 0) is 60.6 Å². The van der Waals surface area contributed by atoms with Gasteiger partial charge in [0.05, 0.1) is 6.54 Å². The molecule has 0 aliphatic carbocycles. The summed E-state index contributed by atoms with van der Waals surface area (Å²) in [6.45, 7) is 9.66. The molecule has 150 valence electrons. The smallest absolute Gasteiger partial charge is 0.251 e. The van der Waals surface area contributed by atoms with Gasteiger partial charge in [-0.15, -0.1) is 0 Å². The van der Waals surface area contributed by atoms with Gasteiger partial charge in [0.2, 0.25) is 0 Å². The third-order valence-corrected chi connectivity index (χ3v) is 5.19. The highest BCUT2D eigenvalue weighted by Gasteiger charge is 2.18. The van der Waals surface area contributed by atoms with E-state index >= 15 is 0 Å². The Morgan fingerprint density at radius 3 is 2.36 bits per heavy atom. The molecule has 0 bridgehead atoms. The largest absolute Gasteiger partial charge is 0.491 e. The SMILES string of the molecule is CC(C)(C)c1ccccc1OCCNC(=O)c1ccc(N2CCCCC2)cc1. The van der Waals surface area contributed by atoms with Crippen LogP contribution in [0.5, 0.6) is 5.75 Å². The summed E-state index contributed by atoms with van der Waals surface area (Å²) in [5, 5.41) is 2.95. The Kier molecular flexibility index (Phi) is 6.61. The van der Waals surface area contributed by atoms with Crippen molar-refractivity contribution in [2.24, 2.45) is 0 Å². The first kappa shape index (κ1) is 20.2. The molecule has 0 spiro atoms. The number of ether oxygens (including phenoxy) is 1. The summed E-state index contributed by atoms with van der Waals surface area (Å²) >= 11 is 0. The van der Waals surface area contributed by atoms with Crippen molar-refractivity contribution in [3.05, 3.63) is 59.7 Å². The third-order valence-electron chi connectivity index (χ3n) is 5.19. The topological polar surface area (TPSA) is 41.6 Å². The quantitative estimate of drug-likeness (QED) is 0.733. The van der Waals surface area contributed by atoms with Gasteiger partial charge in [0.25, 0.3) is 5.91 Å². The zero-order valence-electron chi connectivity index (χ0n) is 17.3. The highest BCUT2D eigenvalue weighted by Crippen LogP contribution is 2.30. The second kappa shape index (κ2) is 9.13. The van der Waals surface area contributed by atoms with Crippen molar-refractivity contribution < 1.29 is 9.53 Å². The van der Waals surface area contributed by atoms with Crippen LogP contribution in [0.2, 0.25) is 0 Å². The fourth-order valence-electron chi connectivity index (χ4n) is 3.62. The maximum Gasteiger partial charge on any atom is 0.251 e. The van der Waals surface area contributed by atoms with Gasteiger partial charge in [-0.3, -0.25) is 4.79 Å². The maximum absolute atomic E-state index is 12.4. The third kappa shape index (κ3) is 5.28. The van der Waals surface area contributed by atoms with Crippen LogP contribution in [0.15, 0.2) is 48.5 Å². The van der Waals surface area contributed by atoms with Gasteiger partial charge in [0.1, 0.15) is 12.4 Å². The molecule has 3 rings (SSSR count). The average Bonchev–Trinajstić information content (AvgIpc) is 2.71. The Hall–Kier alpha value is -2.49. The first-order chi connectivity index (χ1) is 13.4. The molecule has 0 aromatic heterocycles. The number of hydrogen-bond donors (Lipinski definition) is 1. The lowest BCUT2D eigenvalue weighted by Crippen LogP contribution is -2.30. The number of nitrogens with zero attached hydrogens (tertiary/aromatic N) is 1. The van der Waals surface area contributed by atoms with E-state index in [0.717, 1.165) is 18.8 Å². The normalized spacial score (nSPS) is 14.6. The first-order valence-corrected chi connectivity index (χ1v) is 10.3. The van der Waals surface area contributed by atoms with Gasteiger partial charge in [-0.1, -0.05) is 39.0 Å². The number of carbonyl (C=O) groups is 1. The van der Waals surface area contributed by atoms with Gasteiger partial charge in [0.15, 0.2) is 0 Å². The lowest BCUT2D eigenvalue weighted by molar-refractivity contribution is 0.0947. The van der Waals surface area contributed by atoms with E-state index in [2.05, 4.69) is 49.2 Å². The summed E-state index contributed by atoms with van der Waals surface area (Å²) in [4.78, 5) is 14.8. The second-order valence-electron chi connectivity index (χ2n) is 8.45. The molecule has 1 aliphatic rings. The molecule has 1 heterocycles. The number of rotatable bonds is 6. The van der Waals surface area contributed by atoms with E-state index < -0.39 is 0 Å². The summed E-state index contributed by atoms with van der Waals surface area (Å²) < 4.78 is 5.93. The fraction of sp³-hybridized carbons (Fsp3) is 0.458. The molecule has 0 atom stereocenters. The van der Waals surface area contributed by atoms with E-state index in [4.69, 9.17) is 4.74 Å². The number of amides is 1. The minimum absolute atomic E-state index is 0.0238.